The highest BCUT2D eigenvalue weighted by molar-refractivity contribution is 6.34. The van der Waals surface area contributed by atoms with Crippen LogP contribution in [-0.2, 0) is 0 Å². The van der Waals surface area contributed by atoms with Gasteiger partial charge in [0.2, 0.25) is 0 Å². The number of hydrogen-bond acceptors (Lipinski definition) is 3. The number of nitrogens with zero attached hydrogens (tertiary/aromatic N) is 2. The zero-order valence-electron chi connectivity index (χ0n) is 9.91. The molecule has 90 valence electrons. The van der Waals surface area contributed by atoms with Crippen molar-refractivity contribution >= 4 is 17.4 Å². The first-order chi connectivity index (χ1) is 8.22. The van der Waals surface area contributed by atoms with Gasteiger partial charge in [-0.2, -0.15) is 5.26 Å². The van der Waals surface area contributed by atoms with Crippen molar-refractivity contribution in [2.75, 3.05) is 5.32 Å². The molecule has 0 spiro atoms. The molecule has 1 heterocycles. The Morgan fingerprint density at radius 1 is 1.47 bits per heavy atom. The number of halogens is 1. The Morgan fingerprint density at radius 3 is 2.94 bits per heavy atom. The van der Waals surface area contributed by atoms with Gasteiger partial charge in [0, 0.05) is 12.2 Å². The van der Waals surface area contributed by atoms with E-state index >= 15 is 0 Å². The summed E-state index contributed by atoms with van der Waals surface area (Å²) in [5.74, 6) is 1.27. The van der Waals surface area contributed by atoms with Gasteiger partial charge in [-0.25, -0.2) is 4.98 Å². The fourth-order valence-corrected chi connectivity index (χ4v) is 2.55. The lowest BCUT2D eigenvalue weighted by Crippen LogP contribution is -2.30. The maximum absolute atomic E-state index is 8.91. The molecule has 2 atom stereocenters. The lowest BCUT2D eigenvalue weighted by molar-refractivity contribution is 0.349. The van der Waals surface area contributed by atoms with Crippen LogP contribution in [0.2, 0.25) is 5.02 Å². The molecule has 0 bridgehead atoms. The van der Waals surface area contributed by atoms with Crippen molar-refractivity contribution < 1.29 is 0 Å². The molecule has 17 heavy (non-hydrogen) atoms. The smallest absolute Gasteiger partial charge is 0.146 e. The quantitative estimate of drug-likeness (QED) is 0.871. The van der Waals surface area contributed by atoms with Gasteiger partial charge >= 0.3 is 0 Å². The monoisotopic (exact) mass is 249 g/mol. The van der Waals surface area contributed by atoms with Crippen molar-refractivity contribution in [3.8, 4) is 6.07 Å². The van der Waals surface area contributed by atoms with Crippen LogP contribution in [0.4, 0.5) is 5.82 Å². The topological polar surface area (TPSA) is 48.7 Å². The van der Waals surface area contributed by atoms with E-state index in [4.69, 9.17) is 16.9 Å². The molecule has 1 fully saturated rings. The summed E-state index contributed by atoms with van der Waals surface area (Å²) in [5, 5.41) is 12.7. The second-order valence-electron chi connectivity index (χ2n) is 4.65. The summed E-state index contributed by atoms with van der Waals surface area (Å²) in [6.45, 7) is 2.25. The van der Waals surface area contributed by atoms with E-state index in [0.29, 0.717) is 28.4 Å². The van der Waals surface area contributed by atoms with Gasteiger partial charge in [-0.05, 0) is 24.8 Å². The van der Waals surface area contributed by atoms with Gasteiger partial charge in [-0.3, -0.25) is 0 Å². The molecule has 1 aliphatic carbocycles. The average molecular weight is 250 g/mol. The SMILES string of the molecule is CC1CCCCC1Nc1nccc(C#N)c1Cl. The largest absolute Gasteiger partial charge is 0.366 e. The molecular formula is C13H16ClN3. The minimum absolute atomic E-state index is 0.419. The van der Waals surface area contributed by atoms with E-state index in [-0.39, 0.29) is 0 Å². The van der Waals surface area contributed by atoms with E-state index in [0.717, 1.165) is 6.42 Å². The minimum atomic E-state index is 0.419. The standard InChI is InChI=1S/C13H16ClN3/c1-9-4-2-3-5-11(9)17-13-12(14)10(8-15)6-7-16-13/h6-7,9,11H,2-5H2,1H3,(H,16,17). The molecule has 2 rings (SSSR count). The molecule has 0 aliphatic heterocycles. The zero-order chi connectivity index (χ0) is 12.3. The van der Waals surface area contributed by atoms with Crippen LogP contribution in [0.15, 0.2) is 12.3 Å². The van der Waals surface area contributed by atoms with Crippen molar-refractivity contribution in [3.05, 3.63) is 22.8 Å². The number of pyridine rings is 1. The minimum Gasteiger partial charge on any atom is -0.366 e. The summed E-state index contributed by atoms with van der Waals surface area (Å²) in [7, 11) is 0. The number of anilines is 1. The van der Waals surface area contributed by atoms with Crippen molar-refractivity contribution in [1.29, 1.82) is 5.26 Å². The van der Waals surface area contributed by atoms with Gasteiger partial charge in [0.15, 0.2) is 0 Å². The van der Waals surface area contributed by atoms with Gasteiger partial charge in [0.05, 0.1) is 5.56 Å². The fourth-order valence-electron chi connectivity index (χ4n) is 2.34. The summed E-state index contributed by atoms with van der Waals surface area (Å²) in [6.07, 6.45) is 6.57. The van der Waals surface area contributed by atoms with Crippen LogP contribution in [-0.4, -0.2) is 11.0 Å². The Kier molecular flexibility index (Phi) is 3.86. The van der Waals surface area contributed by atoms with Crippen molar-refractivity contribution in [1.82, 2.24) is 4.98 Å². The van der Waals surface area contributed by atoms with Gasteiger partial charge in [-0.15, -0.1) is 0 Å². The maximum Gasteiger partial charge on any atom is 0.146 e. The summed E-state index contributed by atoms with van der Waals surface area (Å²) < 4.78 is 0. The summed E-state index contributed by atoms with van der Waals surface area (Å²) in [4.78, 5) is 4.22. The van der Waals surface area contributed by atoms with E-state index in [1.165, 1.54) is 19.3 Å². The Balaban J connectivity index is 2.16. The molecule has 3 nitrogen and oxygen atoms in total. The molecule has 1 aromatic heterocycles. The Labute approximate surface area is 107 Å². The van der Waals surface area contributed by atoms with Gasteiger partial charge in [0.25, 0.3) is 0 Å². The highest BCUT2D eigenvalue weighted by Gasteiger charge is 2.22. The predicted octanol–water partition coefficient (Wildman–Crippen LogP) is 3.60. The van der Waals surface area contributed by atoms with E-state index in [1.54, 1.807) is 12.3 Å². The third-order valence-electron chi connectivity index (χ3n) is 3.44. The van der Waals surface area contributed by atoms with Crippen molar-refractivity contribution in [2.24, 2.45) is 5.92 Å². The second kappa shape index (κ2) is 5.37. The zero-order valence-corrected chi connectivity index (χ0v) is 10.7. The number of hydrogen-bond donors (Lipinski definition) is 1. The molecule has 1 N–H and O–H groups in total. The van der Waals surface area contributed by atoms with Gasteiger partial charge in [-0.1, -0.05) is 31.4 Å². The highest BCUT2D eigenvalue weighted by atomic mass is 35.5. The predicted molar refractivity (Wildman–Crippen MR) is 69.0 cm³/mol. The molecule has 0 amide bonds. The fraction of sp³-hybridized carbons (Fsp3) is 0.538. The molecule has 0 aromatic carbocycles. The second-order valence-corrected chi connectivity index (χ2v) is 5.02. The molecule has 4 heteroatoms. The summed E-state index contributed by atoms with van der Waals surface area (Å²) >= 11 is 6.13. The Bertz CT molecular complexity index is 439. The van der Waals surface area contributed by atoms with E-state index < -0.39 is 0 Å². The maximum atomic E-state index is 8.91. The molecule has 1 saturated carbocycles. The third kappa shape index (κ3) is 2.70. The third-order valence-corrected chi connectivity index (χ3v) is 3.83. The molecule has 2 unspecified atom stereocenters. The number of nitriles is 1. The molecule has 1 aromatic rings. The first-order valence-electron chi connectivity index (χ1n) is 6.03. The van der Waals surface area contributed by atoms with Crippen LogP contribution >= 0.6 is 11.6 Å². The van der Waals surface area contributed by atoms with Crippen LogP contribution in [0.1, 0.15) is 38.2 Å². The molecule has 0 saturated heterocycles. The first kappa shape index (κ1) is 12.2. The van der Waals surface area contributed by atoms with E-state index in [9.17, 15) is 0 Å². The van der Waals surface area contributed by atoms with Crippen LogP contribution in [0.5, 0.6) is 0 Å². The number of nitrogens with one attached hydrogen (secondary N) is 1. The Hall–Kier alpha value is -1.27. The van der Waals surface area contributed by atoms with Crippen molar-refractivity contribution in [2.45, 2.75) is 38.6 Å². The number of aromatic nitrogens is 1. The average Bonchev–Trinajstić information content (AvgIpc) is 2.34. The summed E-state index contributed by atoms with van der Waals surface area (Å²) in [5.41, 5.74) is 0.479. The number of rotatable bonds is 2. The van der Waals surface area contributed by atoms with Crippen LogP contribution in [0.25, 0.3) is 0 Å². The first-order valence-corrected chi connectivity index (χ1v) is 6.41. The Morgan fingerprint density at radius 2 is 2.24 bits per heavy atom. The lowest BCUT2D eigenvalue weighted by Gasteiger charge is -2.30. The van der Waals surface area contributed by atoms with Crippen LogP contribution in [0.3, 0.4) is 0 Å². The van der Waals surface area contributed by atoms with Crippen molar-refractivity contribution in [3.63, 3.8) is 0 Å². The van der Waals surface area contributed by atoms with Gasteiger partial charge < -0.3 is 5.32 Å². The highest BCUT2D eigenvalue weighted by Crippen LogP contribution is 2.29. The molecule has 1 aliphatic rings. The van der Waals surface area contributed by atoms with Crippen LogP contribution < -0.4 is 5.32 Å². The van der Waals surface area contributed by atoms with Gasteiger partial charge in [0.1, 0.15) is 16.9 Å². The summed E-state index contributed by atoms with van der Waals surface area (Å²) in [6, 6.07) is 4.13. The lowest BCUT2D eigenvalue weighted by atomic mass is 9.86. The van der Waals surface area contributed by atoms with E-state index in [2.05, 4.69) is 23.3 Å². The van der Waals surface area contributed by atoms with Crippen LogP contribution in [0, 0.1) is 17.2 Å². The molecular weight excluding hydrogens is 234 g/mol. The molecule has 0 radical (unpaired) electrons. The normalized spacial score (nSPS) is 24.1. The van der Waals surface area contributed by atoms with E-state index in [1.807, 2.05) is 0 Å².